The highest BCUT2D eigenvalue weighted by atomic mass is 19.1. The molecular weight excluding hydrogens is 349 g/mol. The summed E-state index contributed by atoms with van der Waals surface area (Å²) in [4.78, 5) is 37.0. The lowest BCUT2D eigenvalue weighted by molar-refractivity contribution is -0.138. The molecule has 1 unspecified atom stereocenters. The maximum Gasteiger partial charge on any atom is 0.344 e. The zero-order valence-corrected chi connectivity index (χ0v) is 14.9. The van der Waals surface area contributed by atoms with Crippen LogP contribution in [0.1, 0.15) is 24.5 Å². The van der Waals surface area contributed by atoms with Crippen LogP contribution in [0.25, 0.3) is 0 Å². The Bertz CT molecular complexity index is 855. The van der Waals surface area contributed by atoms with Crippen LogP contribution in [-0.4, -0.2) is 28.4 Å². The summed E-state index contributed by atoms with van der Waals surface area (Å²) in [6.07, 6.45) is 0.949. The molecule has 1 fully saturated rings. The minimum Gasteiger partial charge on any atom is -0.322 e. The van der Waals surface area contributed by atoms with E-state index in [1.54, 1.807) is 6.92 Å². The fourth-order valence-corrected chi connectivity index (χ4v) is 2.95. The number of hydrogen-bond acceptors (Lipinski definition) is 3. The average molecular weight is 369 g/mol. The van der Waals surface area contributed by atoms with Crippen molar-refractivity contribution in [3.63, 3.8) is 0 Å². The number of carbonyl (C=O) groups excluding carboxylic acids is 3. The number of imide groups is 1. The second-order valence-corrected chi connectivity index (χ2v) is 6.73. The number of amides is 4. The molecule has 4 amide bonds. The third kappa shape index (κ3) is 4.31. The molecule has 0 bridgehead atoms. The van der Waals surface area contributed by atoms with E-state index in [0.717, 1.165) is 10.6 Å². The van der Waals surface area contributed by atoms with Crippen molar-refractivity contribution in [2.75, 3.05) is 0 Å². The second kappa shape index (κ2) is 7.57. The van der Waals surface area contributed by atoms with Crippen molar-refractivity contribution in [2.24, 2.45) is 0 Å². The van der Waals surface area contributed by atoms with Gasteiger partial charge < -0.3 is 5.32 Å². The van der Waals surface area contributed by atoms with Crippen LogP contribution in [0, 0.1) is 5.82 Å². The van der Waals surface area contributed by atoms with Crippen LogP contribution in [0.15, 0.2) is 54.6 Å². The fourth-order valence-electron chi connectivity index (χ4n) is 2.95. The number of hydrogen-bond donors (Lipinski definition) is 2. The van der Waals surface area contributed by atoms with Crippen molar-refractivity contribution in [1.29, 1.82) is 0 Å². The zero-order valence-electron chi connectivity index (χ0n) is 14.9. The monoisotopic (exact) mass is 369 g/mol. The number of nitrogens with zero attached hydrogens (tertiary/aromatic N) is 1. The smallest absolute Gasteiger partial charge is 0.322 e. The van der Waals surface area contributed by atoms with E-state index in [1.165, 1.54) is 24.3 Å². The molecule has 1 atom stereocenters. The lowest BCUT2D eigenvalue weighted by atomic mass is 9.93. The molecule has 2 aromatic carbocycles. The molecule has 0 saturated carbocycles. The Labute approximate surface area is 156 Å². The van der Waals surface area contributed by atoms with E-state index in [2.05, 4.69) is 10.7 Å². The maximum absolute atomic E-state index is 12.9. The first-order valence-electron chi connectivity index (χ1n) is 8.62. The lowest BCUT2D eigenvalue weighted by Crippen LogP contribution is -2.49. The van der Waals surface area contributed by atoms with Crippen molar-refractivity contribution in [3.8, 4) is 0 Å². The van der Waals surface area contributed by atoms with E-state index < -0.39 is 29.2 Å². The first-order chi connectivity index (χ1) is 12.9. The minimum absolute atomic E-state index is 0.0714. The molecule has 7 heteroatoms. The van der Waals surface area contributed by atoms with Gasteiger partial charge in [-0.05, 0) is 43.0 Å². The van der Waals surface area contributed by atoms with Crippen molar-refractivity contribution in [1.82, 2.24) is 15.8 Å². The number of carbonyl (C=O) groups is 3. The summed E-state index contributed by atoms with van der Waals surface area (Å²) in [5.41, 5.74) is 2.88. The molecule has 1 heterocycles. The van der Waals surface area contributed by atoms with E-state index >= 15 is 0 Å². The minimum atomic E-state index is -1.09. The summed E-state index contributed by atoms with van der Waals surface area (Å²) in [5.74, 6) is -1.43. The van der Waals surface area contributed by atoms with Crippen LogP contribution in [0.3, 0.4) is 0 Å². The predicted molar refractivity (Wildman–Crippen MR) is 96.8 cm³/mol. The standard InChI is InChI=1S/C20H20FN3O3/c1-20(12-11-14-5-3-2-4-6-14)18(26)24(19(27)22-20)23-17(25)13-15-7-9-16(21)10-8-15/h2-10H,11-13H2,1H3,(H,22,27)(H,23,25). The molecular formula is C20H20FN3O3. The van der Waals surface area contributed by atoms with Crippen LogP contribution >= 0.6 is 0 Å². The van der Waals surface area contributed by atoms with Gasteiger partial charge in [0.1, 0.15) is 11.4 Å². The van der Waals surface area contributed by atoms with Crippen molar-refractivity contribution in [3.05, 3.63) is 71.5 Å². The number of hydrazine groups is 1. The van der Waals surface area contributed by atoms with E-state index in [9.17, 15) is 18.8 Å². The summed E-state index contributed by atoms with van der Waals surface area (Å²) < 4.78 is 12.9. The van der Waals surface area contributed by atoms with E-state index in [0.29, 0.717) is 18.4 Å². The summed E-state index contributed by atoms with van der Waals surface area (Å²) in [5, 5.41) is 3.37. The number of rotatable bonds is 6. The zero-order chi connectivity index (χ0) is 19.4. The number of benzene rings is 2. The van der Waals surface area contributed by atoms with Gasteiger partial charge >= 0.3 is 6.03 Å². The molecule has 0 aliphatic carbocycles. The molecule has 1 aliphatic heterocycles. The highest BCUT2D eigenvalue weighted by Gasteiger charge is 2.48. The van der Waals surface area contributed by atoms with Crippen LogP contribution in [0.2, 0.25) is 0 Å². The normalized spacial score (nSPS) is 19.1. The lowest BCUT2D eigenvalue weighted by Gasteiger charge is -2.21. The Balaban J connectivity index is 1.61. The summed E-state index contributed by atoms with van der Waals surface area (Å²) >= 11 is 0. The van der Waals surface area contributed by atoms with Gasteiger partial charge in [-0.2, -0.15) is 5.01 Å². The van der Waals surface area contributed by atoms with Gasteiger partial charge in [0.15, 0.2) is 0 Å². The number of aryl methyl sites for hydroxylation is 1. The van der Waals surface area contributed by atoms with Crippen molar-refractivity contribution < 1.29 is 18.8 Å². The van der Waals surface area contributed by atoms with Crippen molar-refractivity contribution >= 4 is 17.8 Å². The van der Waals surface area contributed by atoms with Gasteiger partial charge in [-0.15, -0.1) is 0 Å². The molecule has 140 valence electrons. The molecule has 3 rings (SSSR count). The molecule has 27 heavy (non-hydrogen) atoms. The Morgan fingerprint density at radius 1 is 1.07 bits per heavy atom. The molecule has 0 spiro atoms. The van der Waals surface area contributed by atoms with Gasteiger partial charge in [-0.1, -0.05) is 42.5 Å². The third-order valence-corrected chi connectivity index (χ3v) is 4.53. The highest BCUT2D eigenvalue weighted by Crippen LogP contribution is 2.22. The Morgan fingerprint density at radius 3 is 2.41 bits per heavy atom. The van der Waals surface area contributed by atoms with Crippen molar-refractivity contribution in [2.45, 2.75) is 31.7 Å². The molecule has 6 nitrogen and oxygen atoms in total. The van der Waals surface area contributed by atoms with Gasteiger partial charge in [-0.25, -0.2) is 9.18 Å². The molecule has 1 saturated heterocycles. The van der Waals surface area contributed by atoms with Gasteiger partial charge in [0.2, 0.25) is 5.91 Å². The summed E-state index contributed by atoms with van der Waals surface area (Å²) in [7, 11) is 0. The van der Waals surface area contributed by atoms with Gasteiger partial charge in [0, 0.05) is 0 Å². The quantitative estimate of drug-likeness (QED) is 0.767. The van der Waals surface area contributed by atoms with Gasteiger partial charge in [0.25, 0.3) is 5.91 Å². The van der Waals surface area contributed by atoms with E-state index in [-0.39, 0.29) is 6.42 Å². The second-order valence-electron chi connectivity index (χ2n) is 6.73. The molecule has 1 aliphatic rings. The Morgan fingerprint density at radius 2 is 1.74 bits per heavy atom. The molecule has 2 aromatic rings. The SMILES string of the molecule is CC1(CCc2ccccc2)NC(=O)N(NC(=O)Cc2ccc(F)cc2)C1=O. The van der Waals surface area contributed by atoms with Crippen LogP contribution in [0.5, 0.6) is 0 Å². The molecule has 0 radical (unpaired) electrons. The molecule has 0 aromatic heterocycles. The fraction of sp³-hybridized carbons (Fsp3) is 0.250. The summed E-state index contributed by atoms with van der Waals surface area (Å²) in [6, 6.07) is 14.4. The summed E-state index contributed by atoms with van der Waals surface area (Å²) in [6.45, 7) is 1.64. The topological polar surface area (TPSA) is 78.5 Å². The number of nitrogens with one attached hydrogen (secondary N) is 2. The first kappa shape index (κ1) is 18.6. The van der Waals surface area contributed by atoms with E-state index in [4.69, 9.17) is 0 Å². The number of urea groups is 1. The van der Waals surface area contributed by atoms with Crippen LogP contribution in [0.4, 0.5) is 9.18 Å². The maximum atomic E-state index is 12.9. The largest absolute Gasteiger partial charge is 0.344 e. The number of halogens is 1. The van der Waals surface area contributed by atoms with Crippen LogP contribution < -0.4 is 10.7 Å². The third-order valence-electron chi connectivity index (χ3n) is 4.53. The molecule has 2 N–H and O–H groups in total. The van der Waals surface area contributed by atoms with Crippen LogP contribution in [-0.2, 0) is 22.4 Å². The average Bonchev–Trinajstić information content (AvgIpc) is 2.86. The Hall–Kier alpha value is -3.22. The first-order valence-corrected chi connectivity index (χ1v) is 8.62. The van der Waals surface area contributed by atoms with Gasteiger partial charge in [0.05, 0.1) is 6.42 Å². The van der Waals surface area contributed by atoms with E-state index in [1.807, 2.05) is 30.3 Å². The van der Waals surface area contributed by atoms with Gasteiger partial charge in [-0.3, -0.25) is 15.0 Å². The predicted octanol–water partition coefficient (Wildman–Crippen LogP) is 2.34. The highest BCUT2D eigenvalue weighted by molar-refractivity contribution is 6.07. The Kier molecular flexibility index (Phi) is 5.21.